The molecule has 1 aliphatic rings. The molecular formula is C19H26N2O2. The third-order valence-corrected chi connectivity index (χ3v) is 4.92. The molecule has 1 saturated heterocycles. The van der Waals surface area contributed by atoms with Crippen molar-refractivity contribution in [1.29, 1.82) is 0 Å². The number of amides is 1. The summed E-state index contributed by atoms with van der Waals surface area (Å²) in [5.41, 5.74) is 4.17. The summed E-state index contributed by atoms with van der Waals surface area (Å²) >= 11 is 0. The lowest BCUT2D eigenvalue weighted by atomic mass is 10.0. The monoisotopic (exact) mass is 314 g/mol. The maximum Gasteiger partial charge on any atom is 0.268 e. The highest BCUT2D eigenvalue weighted by Crippen LogP contribution is 2.25. The predicted molar refractivity (Wildman–Crippen MR) is 92.9 cm³/mol. The van der Waals surface area contributed by atoms with Crippen LogP contribution in [-0.2, 0) is 11.8 Å². The molecule has 1 fully saturated rings. The molecule has 3 rings (SSSR count). The highest BCUT2D eigenvalue weighted by molar-refractivity contribution is 6.01. The smallest absolute Gasteiger partial charge is 0.268 e. The van der Waals surface area contributed by atoms with E-state index in [1.807, 2.05) is 18.5 Å². The number of carbonyl (C=O) groups is 1. The topological polar surface area (TPSA) is 43.3 Å². The van der Waals surface area contributed by atoms with Crippen LogP contribution >= 0.6 is 0 Å². The first-order valence-corrected chi connectivity index (χ1v) is 8.49. The number of benzene rings is 1. The van der Waals surface area contributed by atoms with E-state index in [0.717, 1.165) is 55.8 Å². The lowest BCUT2D eigenvalue weighted by Gasteiger charge is -2.09. The molecule has 1 amide bonds. The first-order chi connectivity index (χ1) is 11.1. The number of ether oxygens (including phenoxy) is 1. The molecule has 2 heterocycles. The Kier molecular flexibility index (Phi) is 4.71. The van der Waals surface area contributed by atoms with Gasteiger partial charge in [0.2, 0.25) is 0 Å². The van der Waals surface area contributed by atoms with Crippen LogP contribution in [0.15, 0.2) is 18.2 Å². The quantitative estimate of drug-likeness (QED) is 0.860. The lowest BCUT2D eigenvalue weighted by Crippen LogP contribution is -2.27. The van der Waals surface area contributed by atoms with Crippen molar-refractivity contribution in [1.82, 2.24) is 9.88 Å². The minimum atomic E-state index is 0.0292. The molecule has 2 aromatic rings. The Morgan fingerprint density at radius 2 is 2.22 bits per heavy atom. The van der Waals surface area contributed by atoms with Gasteiger partial charge in [-0.1, -0.05) is 11.6 Å². The Hall–Kier alpha value is -1.81. The maximum atomic E-state index is 12.6. The van der Waals surface area contributed by atoms with Crippen LogP contribution < -0.4 is 5.32 Å². The summed E-state index contributed by atoms with van der Waals surface area (Å²) in [4.78, 5) is 12.6. The fourth-order valence-electron chi connectivity index (χ4n) is 3.55. The molecule has 1 aromatic carbocycles. The molecule has 0 radical (unpaired) electrons. The number of fused-ring (bicyclic) bond motifs is 1. The number of nitrogens with one attached hydrogen (secondary N) is 1. The van der Waals surface area contributed by atoms with Crippen molar-refractivity contribution in [3.05, 3.63) is 35.0 Å². The standard InChI is InChI=1S/C19H26N2O2/c1-13-6-7-17-16(11-13)14(2)18(21(17)3)19(22)20-9-4-5-15-8-10-23-12-15/h6-7,11,15H,4-5,8-10,12H2,1-3H3,(H,20,22)/t15-/m1/s1. The first kappa shape index (κ1) is 16.1. The van der Waals surface area contributed by atoms with E-state index in [9.17, 15) is 4.79 Å². The summed E-state index contributed by atoms with van der Waals surface area (Å²) in [5.74, 6) is 0.704. The highest BCUT2D eigenvalue weighted by atomic mass is 16.5. The molecule has 0 aliphatic carbocycles. The van der Waals surface area contributed by atoms with Gasteiger partial charge in [-0.3, -0.25) is 4.79 Å². The Morgan fingerprint density at radius 3 is 2.96 bits per heavy atom. The van der Waals surface area contributed by atoms with Crippen LogP contribution in [-0.4, -0.2) is 30.2 Å². The number of rotatable bonds is 5. The van der Waals surface area contributed by atoms with Crippen LogP contribution in [0.1, 0.15) is 40.9 Å². The van der Waals surface area contributed by atoms with Crippen LogP contribution in [0.25, 0.3) is 10.9 Å². The van der Waals surface area contributed by atoms with Gasteiger partial charge in [0, 0.05) is 37.7 Å². The van der Waals surface area contributed by atoms with E-state index in [2.05, 4.69) is 30.4 Å². The third kappa shape index (κ3) is 3.27. The molecule has 0 saturated carbocycles. The fourth-order valence-corrected chi connectivity index (χ4v) is 3.55. The Morgan fingerprint density at radius 1 is 1.39 bits per heavy atom. The molecule has 124 valence electrons. The number of nitrogens with zero attached hydrogens (tertiary/aromatic N) is 1. The van der Waals surface area contributed by atoms with Gasteiger partial charge in [0.25, 0.3) is 5.91 Å². The van der Waals surface area contributed by atoms with Gasteiger partial charge in [-0.2, -0.15) is 0 Å². The van der Waals surface area contributed by atoms with Crippen molar-refractivity contribution in [2.75, 3.05) is 19.8 Å². The first-order valence-electron chi connectivity index (χ1n) is 8.49. The largest absolute Gasteiger partial charge is 0.381 e. The number of aryl methyl sites for hydroxylation is 3. The molecule has 1 aliphatic heterocycles. The zero-order chi connectivity index (χ0) is 16.4. The van der Waals surface area contributed by atoms with E-state index in [1.165, 1.54) is 10.9 Å². The van der Waals surface area contributed by atoms with E-state index in [1.54, 1.807) is 0 Å². The molecular weight excluding hydrogens is 288 g/mol. The summed E-state index contributed by atoms with van der Waals surface area (Å²) in [7, 11) is 1.97. The SMILES string of the molecule is Cc1ccc2c(c1)c(C)c(C(=O)NCCC[C@@H]1CCOC1)n2C. The predicted octanol–water partition coefficient (Wildman–Crippen LogP) is 3.34. The Balaban J connectivity index is 1.66. The second-order valence-electron chi connectivity index (χ2n) is 6.68. The minimum Gasteiger partial charge on any atom is -0.381 e. The lowest BCUT2D eigenvalue weighted by molar-refractivity contribution is 0.0944. The molecule has 23 heavy (non-hydrogen) atoms. The van der Waals surface area contributed by atoms with Gasteiger partial charge in [-0.05, 0) is 56.7 Å². The second kappa shape index (κ2) is 6.75. The molecule has 4 nitrogen and oxygen atoms in total. The Bertz CT molecular complexity index is 712. The van der Waals surface area contributed by atoms with Gasteiger partial charge < -0.3 is 14.6 Å². The Labute approximate surface area is 137 Å². The molecule has 0 spiro atoms. The van der Waals surface area contributed by atoms with Crippen molar-refractivity contribution in [3.63, 3.8) is 0 Å². The van der Waals surface area contributed by atoms with Crippen LogP contribution in [0.3, 0.4) is 0 Å². The fraction of sp³-hybridized carbons (Fsp3) is 0.526. The molecule has 1 N–H and O–H groups in total. The van der Waals surface area contributed by atoms with E-state index in [0.29, 0.717) is 5.92 Å². The van der Waals surface area contributed by atoms with Gasteiger partial charge in [-0.15, -0.1) is 0 Å². The summed E-state index contributed by atoms with van der Waals surface area (Å²) in [6.07, 6.45) is 3.31. The van der Waals surface area contributed by atoms with Gasteiger partial charge in [-0.25, -0.2) is 0 Å². The van der Waals surface area contributed by atoms with Crippen molar-refractivity contribution >= 4 is 16.8 Å². The van der Waals surface area contributed by atoms with E-state index in [4.69, 9.17) is 4.74 Å². The van der Waals surface area contributed by atoms with Crippen LogP contribution in [0.4, 0.5) is 0 Å². The summed E-state index contributed by atoms with van der Waals surface area (Å²) in [6, 6.07) is 6.34. The van der Waals surface area contributed by atoms with Gasteiger partial charge >= 0.3 is 0 Å². The van der Waals surface area contributed by atoms with Crippen molar-refractivity contribution in [2.24, 2.45) is 13.0 Å². The third-order valence-electron chi connectivity index (χ3n) is 4.92. The molecule has 1 atom stereocenters. The average molecular weight is 314 g/mol. The van der Waals surface area contributed by atoms with Crippen LogP contribution in [0.5, 0.6) is 0 Å². The van der Waals surface area contributed by atoms with Gasteiger partial charge in [0.05, 0.1) is 0 Å². The van der Waals surface area contributed by atoms with Crippen LogP contribution in [0, 0.1) is 19.8 Å². The molecule has 4 heteroatoms. The molecule has 0 bridgehead atoms. The zero-order valence-electron chi connectivity index (χ0n) is 14.3. The zero-order valence-corrected chi connectivity index (χ0v) is 14.3. The summed E-state index contributed by atoms with van der Waals surface area (Å²) in [6.45, 7) is 6.63. The minimum absolute atomic E-state index is 0.0292. The van der Waals surface area contributed by atoms with Crippen LogP contribution in [0.2, 0.25) is 0 Å². The van der Waals surface area contributed by atoms with E-state index < -0.39 is 0 Å². The average Bonchev–Trinajstić information content (AvgIpc) is 3.12. The summed E-state index contributed by atoms with van der Waals surface area (Å²) < 4.78 is 7.39. The van der Waals surface area contributed by atoms with E-state index >= 15 is 0 Å². The van der Waals surface area contributed by atoms with Gasteiger partial charge in [0.1, 0.15) is 5.69 Å². The molecule has 1 aromatic heterocycles. The second-order valence-corrected chi connectivity index (χ2v) is 6.68. The number of hydrogen-bond acceptors (Lipinski definition) is 2. The maximum absolute atomic E-state index is 12.6. The summed E-state index contributed by atoms with van der Waals surface area (Å²) in [5, 5.41) is 4.25. The van der Waals surface area contributed by atoms with Crippen molar-refractivity contribution in [3.8, 4) is 0 Å². The molecule has 0 unspecified atom stereocenters. The van der Waals surface area contributed by atoms with Gasteiger partial charge in [0.15, 0.2) is 0 Å². The normalized spacial score (nSPS) is 17.8. The highest BCUT2D eigenvalue weighted by Gasteiger charge is 2.19. The van der Waals surface area contributed by atoms with Crippen molar-refractivity contribution in [2.45, 2.75) is 33.1 Å². The number of carbonyl (C=O) groups excluding carboxylic acids is 1. The van der Waals surface area contributed by atoms with Crippen molar-refractivity contribution < 1.29 is 9.53 Å². The number of aromatic nitrogens is 1. The van der Waals surface area contributed by atoms with E-state index in [-0.39, 0.29) is 5.91 Å². The number of hydrogen-bond donors (Lipinski definition) is 1.